The van der Waals surface area contributed by atoms with E-state index in [4.69, 9.17) is 15.1 Å². The predicted octanol–water partition coefficient (Wildman–Crippen LogP) is 3.98. The monoisotopic (exact) mass is 622 g/mol. The lowest BCUT2D eigenvalue weighted by Gasteiger charge is -2.30. The predicted molar refractivity (Wildman–Crippen MR) is 168 cm³/mol. The van der Waals surface area contributed by atoms with Crippen LogP contribution >= 0.6 is 11.3 Å². The smallest absolute Gasteiger partial charge is 0.415 e. The Hall–Kier alpha value is -4.63. The van der Waals surface area contributed by atoms with E-state index in [1.165, 1.54) is 21.1 Å². The number of aliphatic carboxylic acids is 1. The number of aromatic nitrogens is 1. The minimum Gasteiger partial charge on any atom is -0.507 e. The largest absolute Gasteiger partial charge is 0.507 e. The molecular formula is C32H38N4O7S. The second-order valence-corrected chi connectivity index (χ2v) is 12.4. The van der Waals surface area contributed by atoms with Gasteiger partial charge in [0.2, 0.25) is 5.91 Å². The van der Waals surface area contributed by atoms with Crippen molar-refractivity contribution in [3.8, 4) is 23.3 Å². The quantitative estimate of drug-likeness (QED) is 0.189. The van der Waals surface area contributed by atoms with E-state index in [9.17, 15) is 24.6 Å². The van der Waals surface area contributed by atoms with Crippen molar-refractivity contribution in [1.29, 1.82) is 5.26 Å². The SMILES string of the molecule is C=c1c(C)c(O)c(=C)c(C(C)(C)CC(=O)N(C)CCN(CCCCCC(=O)O)C(=O)Oc2ccc3nc(C#N)sc3c2)c1O. The van der Waals surface area contributed by atoms with Crippen molar-refractivity contribution in [1.82, 2.24) is 14.8 Å². The van der Waals surface area contributed by atoms with Gasteiger partial charge < -0.3 is 29.9 Å². The first-order valence-electron chi connectivity index (χ1n) is 14.1. The zero-order valence-electron chi connectivity index (χ0n) is 25.5. The lowest BCUT2D eigenvalue weighted by atomic mass is 9.78. The summed E-state index contributed by atoms with van der Waals surface area (Å²) in [6.07, 6.45) is 1.01. The summed E-state index contributed by atoms with van der Waals surface area (Å²) in [6, 6.07) is 6.90. The molecule has 0 saturated carbocycles. The standard InChI is InChI=1S/C32H38N4O7S/c1-19-20(2)30(41)28(21(3)29(19)40)32(4,5)17-26(37)35(6)14-15-36(13-9-7-8-10-27(38)39)31(42)43-22-11-12-23-24(16-22)44-25(18-33)34-23/h11-12,16,40-41H,2-3,7-10,13-15,17H2,1,4-6H3,(H,38,39). The average Bonchev–Trinajstić information content (AvgIpc) is 3.38. The third-order valence-corrected chi connectivity index (χ3v) is 8.48. The number of fused-ring (bicyclic) bond motifs is 1. The summed E-state index contributed by atoms with van der Waals surface area (Å²) in [7, 11) is 1.61. The molecule has 0 aliphatic heterocycles. The molecule has 11 nitrogen and oxygen atoms in total. The van der Waals surface area contributed by atoms with Crippen LogP contribution in [0.15, 0.2) is 18.2 Å². The average molecular weight is 623 g/mol. The first-order valence-corrected chi connectivity index (χ1v) is 14.9. The number of carboxylic acids is 1. The van der Waals surface area contributed by atoms with E-state index >= 15 is 0 Å². The minimum atomic E-state index is -0.895. The first-order chi connectivity index (χ1) is 20.7. The molecule has 3 aromatic rings. The highest BCUT2D eigenvalue weighted by molar-refractivity contribution is 7.19. The second-order valence-electron chi connectivity index (χ2n) is 11.4. The van der Waals surface area contributed by atoms with E-state index < -0.39 is 17.5 Å². The maximum absolute atomic E-state index is 13.3. The molecule has 0 spiro atoms. The zero-order valence-corrected chi connectivity index (χ0v) is 26.3. The van der Waals surface area contributed by atoms with Gasteiger partial charge >= 0.3 is 12.1 Å². The van der Waals surface area contributed by atoms with Crippen LogP contribution in [0.25, 0.3) is 23.4 Å². The number of phenols is 2. The number of carboxylic acid groups (broad SMARTS) is 1. The highest BCUT2D eigenvalue weighted by Gasteiger charge is 2.31. The Morgan fingerprint density at radius 2 is 1.77 bits per heavy atom. The Balaban J connectivity index is 1.71. The summed E-state index contributed by atoms with van der Waals surface area (Å²) in [6.45, 7) is 13.6. The molecular weight excluding hydrogens is 584 g/mol. The van der Waals surface area contributed by atoms with Gasteiger partial charge in [0, 0.05) is 72.6 Å². The van der Waals surface area contributed by atoms with Crippen LogP contribution in [0.5, 0.6) is 17.2 Å². The van der Waals surface area contributed by atoms with Gasteiger partial charge in [0.1, 0.15) is 23.3 Å². The molecule has 0 bridgehead atoms. The van der Waals surface area contributed by atoms with Crippen LogP contribution in [-0.4, -0.2) is 74.8 Å². The van der Waals surface area contributed by atoms with Crippen LogP contribution in [0.2, 0.25) is 0 Å². The van der Waals surface area contributed by atoms with Crippen molar-refractivity contribution in [2.45, 2.75) is 58.3 Å². The maximum atomic E-state index is 13.3. The lowest BCUT2D eigenvalue weighted by molar-refractivity contribution is -0.137. The van der Waals surface area contributed by atoms with E-state index in [1.807, 2.05) is 6.07 Å². The van der Waals surface area contributed by atoms with Gasteiger partial charge in [-0.15, -0.1) is 11.3 Å². The number of thiazole rings is 1. The number of carbonyl (C=O) groups excluding carboxylic acids is 2. The molecule has 3 N–H and O–H groups in total. The number of carbonyl (C=O) groups is 3. The van der Waals surface area contributed by atoms with Crippen molar-refractivity contribution >= 4 is 52.7 Å². The molecule has 2 amide bonds. The topological polar surface area (TPSA) is 164 Å². The molecule has 0 unspecified atom stereocenters. The number of hydrogen-bond donors (Lipinski definition) is 3. The summed E-state index contributed by atoms with van der Waals surface area (Å²) in [4.78, 5) is 44.5. The van der Waals surface area contributed by atoms with Gasteiger partial charge in [-0.25, -0.2) is 9.78 Å². The van der Waals surface area contributed by atoms with Gasteiger partial charge in [0.05, 0.1) is 10.2 Å². The molecule has 234 valence electrons. The van der Waals surface area contributed by atoms with Crippen molar-refractivity contribution in [2.75, 3.05) is 26.7 Å². The first kappa shape index (κ1) is 33.9. The number of nitrogens with zero attached hydrogens (tertiary/aromatic N) is 4. The van der Waals surface area contributed by atoms with Crippen LogP contribution in [0.4, 0.5) is 4.79 Å². The van der Waals surface area contributed by atoms with Crippen molar-refractivity contribution in [2.24, 2.45) is 0 Å². The highest BCUT2D eigenvalue weighted by Crippen LogP contribution is 2.32. The Labute approximate surface area is 259 Å². The van der Waals surface area contributed by atoms with Gasteiger partial charge in [-0.1, -0.05) is 33.4 Å². The molecule has 1 heterocycles. The van der Waals surface area contributed by atoms with E-state index in [2.05, 4.69) is 18.1 Å². The summed E-state index contributed by atoms with van der Waals surface area (Å²) in [5.41, 5.74) is 0.493. The Morgan fingerprint density at radius 3 is 2.43 bits per heavy atom. The number of rotatable bonds is 13. The van der Waals surface area contributed by atoms with E-state index in [0.29, 0.717) is 52.2 Å². The normalized spacial score (nSPS) is 11.2. The number of likely N-dealkylation sites (N-methyl/N-ethyl adjacent to an activating group) is 1. The molecule has 0 aliphatic carbocycles. The minimum absolute atomic E-state index is 0.0132. The number of ether oxygens (including phenoxy) is 1. The van der Waals surface area contributed by atoms with Crippen LogP contribution < -0.4 is 15.2 Å². The molecule has 3 rings (SSSR count). The van der Waals surface area contributed by atoms with E-state index in [0.717, 1.165) is 0 Å². The second kappa shape index (κ2) is 14.2. The molecule has 44 heavy (non-hydrogen) atoms. The van der Waals surface area contributed by atoms with Gasteiger partial charge in [0.15, 0.2) is 5.01 Å². The van der Waals surface area contributed by atoms with Crippen LogP contribution in [0.3, 0.4) is 0 Å². The fraction of sp³-hybridized carbons (Fsp3) is 0.406. The molecule has 0 radical (unpaired) electrons. The molecule has 0 fully saturated rings. The van der Waals surface area contributed by atoms with Crippen molar-refractivity contribution < 1.29 is 34.4 Å². The number of phenolic OH excluding ortho intramolecular Hbond substituents is 2. The van der Waals surface area contributed by atoms with Crippen LogP contribution in [-0.2, 0) is 15.0 Å². The van der Waals surface area contributed by atoms with Crippen LogP contribution in [0.1, 0.15) is 62.1 Å². The van der Waals surface area contributed by atoms with E-state index in [1.54, 1.807) is 46.0 Å². The number of hydrogen-bond acceptors (Lipinski definition) is 9. The van der Waals surface area contributed by atoms with Gasteiger partial charge in [-0.3, -0.25) is 9.59 Å². The molecule has 0 saturated heterocycles. The van der Waals surface area contributed by atoms with Crippen molar-refractivity contribution in [3.63, 3.8) is 0 Å². The molecule has 0 aliphatic rings. The summed E-state index contributed by atoms with van der Waals surface area (Å²) in [5.74, 6) is -1.03. The van der Waals surface area contributed by atoms with E-state index in [-0.39, 0.29) is 59.5 Å². The third kappa shape index (κ3) is 8.05. The fourth-order valence-corrected chi connectivity index (χ4v) is 5.71. The number of amides is 2. The van der Waals surface area contributed by atoms with Crippen molar-refractivity contribution in [3.05, 3.63) is 44.8 Å². The Morgan fingerprint density at radius 1 is 1.07 bits per heavy atom. The van der Waals surface area contributed by atoms with Gasteiger partial charge in [-0.05, 0) is 31.9 Å². The zero-order chi connectivity index (χ0) is 32.8. The maximum Gasteiger partial charge on any atom is 0.415 e. The molecule has 2 aromatic carbocycles. The lowest BCUT2D eigenvalue weighted by Crippen LogP contribution is -2.42. The third-order valence-electron chi connectivity index (χ3n) is 7.56. The molecule has 12 heteroatoms. The molecule has 0 atom stereocenters. The highest BCUT2D eigenvalue weighted by atomic mass is 32.1. The number of aromatic hydroxyl groups is 2. The molecule has 1 aromatic heterocycles. The van der Waals surface area contributed by atoms with Crippen LogP contribution in [0, 0.1) is 18.3 Å². The van der Waals surface area contributed by atoms with Gasteiger partial charge in [-0.2, -0.15) is 5.26 Å². The van der Waals surface area contributed by atoms with Gasteiger partial charge in [0.25, 0.3) is 0 Å². The summed E-state index contributed by atoms with van der Waals surface area (Å²) < 4.78 is 6.33. The number of nitriles is 1. The summed E-state index contributed by atoms with van der Waals surface area (Å²) >= 11 is 1.19. The summed E-state index contributed by atoms with van der Waals surface area (Å²) in [5, 5.41) is 40.1. The number of benzene rings is 2. The fourth-order valence-electron chi connectivity index (χ4n) is 4.92. The Kier molecular flexibility index (Phi) is 11.0. The Bertz CT molecular complexity index is 1710. The number of unbranched alkanes of at least 4 members (excludes halogenated alkanes) is 2.